The van der Waals surface area contributed by atoms with Crippen molar-refractivity contribution >= 4 is 23.9 Å². The molecular formula is C26H22O10. The fraction of sp³-hybridized carbons (Fsp3) is 0.154. The third-order valence-corrected chi connectivity index (χ3v) is 5.13. The monoisotopic (exact) mass is 494 g/mol. The van der Waals surface area contributed by atoms with Crippen molar-refractivity contribution in [3.63, 3.8) is 0 Å². The van der Waals surface area contributed by atoms with E-state index in [-0.39, 0.29) is 22.6 Å². The highest BCUT2D eigenvalue weighted by Gasteiger charge is 2.23. The van der Waals surface area contributed by atoms with Gasteiger partial charge in [0.25, 0.3) is 0 Å². The predicted molar refractivity (Wildman–Crippen MR) is 126 cm³/mol. The second-order valence-electron chi connectivity index (χ2n) is 8.75. The lowest BCUT2D eigenvalue weighted by Crippen LogP contribution is -2.13. The number of hydrogen-bond donors (Lipinski definition) is 4. The smallest absolute Gasteiger partial charge is 0.336 e. The molecule has 0 atom stereocenters. The highest BCUT2D eigenvalue weighted by Crippen LogP contribution is 2.38. The second-order valence-corrected chi connectivity index (χ2v) is 8.75. The van der Waals surface area contributed by atoms with E-state index in [1.54, 1.807) is 18.2 Å². The normalized spacial score (nSPS) is 11.0. The first kappa shape index (κ1) is 25.8. The molecular weight excluding hydrogens is 472 g/mol. The summed E-state index contributed by atoms with van der Waals surface area (Å²) in [5, 5.41) is 37.1. The van der Waals surface area contributed by atoms with Crippen LogP contribution in [0.15, 0.2) is 54.6 Å². The van der Waals surface area contributed by atoms with E-state index in [1.807, 2.05) is 20.8 Å². The van der Waals surface area contributed by atoms with Crippen molar-refractivity contribution in [2.45, 2.75) is 26.2 Å². The van der Waals surface area contributed by atoms with Crippen LogP contribution >= 0.6 is 0 Å². The molecule has 0 fully saturated rings. The molecule has 3 aromatic rings. The average molecular weight is 494 g/mol. The molecule has 0 bridgehead atoms. The van der Waals surface area contributed by atoms with Crippen LogP contribution < -0.4 is 9.47 Å². The first-order chi connectivity index (χ1) is 16.8. The zero-order valence-electron chi connectivity index (χ0n) is 19.4. The molecule has 0 heterocycles. The van der Waals surface area contributed by atoms with Crippen LogP contribution in [0.25, 0.3) is 0 Å². The van der Waals surface area contributed by atoms with Crippen LogP contribution in [0, 0.1) is 0 Å². The Balaban J connectivity index is 1.98. The fourth-order valence-electron chi connectivity index (χ4n) is 3.41. The van der Waals surface area contributed by atoms with Gasteiger partial charge in [-0.15, -0.1) is 0 Å². The van der Waals surface area contributed by atoms with Gasteiger partial charge >= 0.3 is 23.9 Å². The summed E-state index contributed by atoms with van der Waals surface area (Å²) in [6.07, 6.45) is 0. The first-order valence-corrected chi connectivity index (χ1v) is 10.5. The molecule has 36 heavy (non-hydrogen) atoms. The fourth-order valence-corrected chi connectivity index (χ4v) is 3.41. The molecule has 0 saturated carbocycles. The van der Waals surface area contributed by atoms with Crippen molar-refractivity contribution in [1.82, 2.24) is 0 Å². The SMILES string of the molecule is CC(C)(C)c1cc(Oc2ccc(C(=O)O)c(C(=O)O)c2)ccc1Oc1ccc(C(=O)O)c(C(=O)O)c1. The summed E-state index contributed by atoms with van der Waals surface area (Å²) in [4.78, 5) is 45.5. The quantitative estimate of drug-likeness (QED) is 0.320. The molecule has 3 aromatic carbocycles. The van der Waals surface area contributed by atoms with Crippen LogP contribution in [0.2, 0.25) is 0 Å². The Morgan fingerprint density at radius 1 is 0.556 bits per heavy atom. The minimum absolute atomic E-state index is 0.112. The minimum Gasteiger partial charge on any atom is -0.478 e. The molecule has 0 unspecified atom stereocenters. The van der Waals surface area contributed by atoms with E-state index in [9.17, 15) is 39.6 Å². The molecule has 0 aromatic heterocycles. The van der Waals surface area contributed by atoms with Crippen LogP contribution in [0.1, 0.15) is 67.8 Å². The van der Waals surface area contributed by atoms with Gasteiger partial charge in [0, 0.05) is 5.56 Å². The number of benzene rings is 3. The lowest BCUT2D eigenvalue weighted by atomic mass is 9.86. The van der Waals surface area contributed by atoms with E-state index >= 15 is 0 Å². The van der Waals surface area contributed by atoms with Gasteiger partial charge in [0.05, 0.1) is 22.3 Å². The topological polar surface area (TPSA) is 168 Å². The maximum absolute atomic E-state index is 11.5. The van der Waals surface area contributed by atoms with Crippen LogP contribution in [0.4, 0.5) is 0 Å². The molecule has 4 N–H and O–H groups in total. The van der Waals surface area contributed by atoms with Crippen molar-refractivity contribution in [1.29, 1.82) is 0 Å². The summed E-state index contributed by atoms with van der Waals surface area (Å²) in [5.74, 6) is -4.66. The summed E-state index contributed by atoms with van der Waals surface area (Å²) in [7, 11) is 0. The van der Waals surface area contributed by atoms with Gasteiger partial charge in [-0.1, -0.05) is 20.8 Å². The minimum atomic E-state index is -1.41. The standard InChI is InChI=1S/C26H22O10/c1-26(2,3)20-12-15(35-13-4-7-16(22(27)28)18(10-13)24(31)32)6-9-21(20)36-14-5-8-17(23(29)30)19(11-14)25(33)34/h4-12H,1-3H3,(H,27,28)(H,29,30)(H,31,32)(H,33,34). The Labute approximate surface area is 205 Å². The van der Waals surface area contributed by atoms with Gasteiger partial charge in [-0.05, 0) is 60.0 Å². The number of carbonyl (C=O) groups is 4. The molecule has 10 heteroatoms. The van der Waals surface area contributed by atoms with Crippen molar-refractivity contribution in [2.75, 3.05) is 0 Å². The van der Waals surface area contributed by atoms with Crippen LogP contribution in [-0.2, 0) is 5.41 Å². The maximum atomic E-state index is 11.5. The molecule has 0 aliphatic carbocycles. The molecule has 0 saturated heterocycles. The second kappa shape index (κ2) is 9.79. The number of carboxylic acid groups (broad SMARTS) is 4. The molecule has 10 nitrogen and oxygen atoms in total. The van der Waals surface area contributed by atoms with Gasteiger partial charge in [-0.25, -0.2) is 19.2 Å². The number of carboxylic acids is 4. The number of ether oxygens (including phenoxy) is 2. The van der Waals surface area contributed by atoms with Crippen LogP contribution in [0.5, 0.6) is 23.0 Å². The molecule has 186 valence electrons. The van der Waals surface area contributed by atoms with Crippen LogP contribution in [-0.4, -0.2) is 44.3 Å². The van der Waals surface area contributed by atoms with Crippen molar-refractivity contribution in [3.05, 3.63) is 82.4 Å². The Hall–Kier alpha value is -4.86. The number of hydrogen-bond acceptors (Lipinski definition) is 6. The predicted octanol–water partition coefficient (Wildman–Crippen LogP) is 5.36. The van der Waals surface area contributed by atoms with Gasteiger partial charge in [-0.2, -0.15) is 0 Å². The van der Waals surface area contributed by atoms with Gasteiger partial charge in [0.2, 0.25) is 0 Å². The first-order valence-electron chi connectivity index (χ1n) is 10.5. The summed E-state index contributed by atoms with van der Waals surface area (Å²) in [5.41, 5.74) is -1.41. The summed E-state index contributed by atoms with van der Waals surface area (Å²) in [6, 6.07) is 12.0. The number of aromatic carboxylic acids is 4. The van der Waals surface area contributed by atoms with Gasteiger partial charge in [0.1, 0.15) is 23.0 Å². The zero-order chi connectivity index (χ0) is 26.8. The van der Waals surface area contributed by atoms with E-state index in [4.69, 9.17) is 9.47 Å². The highest BCUT2D eigenvalue weighted by atomic mass is 16.5. The zero-order valence-corrected chi connectivity index (χ0v) is 19.4. The largest absolute Gasteiger partial charge is 0.478 e. The van der Waals surface area contributed by atoms with E-state index in [1.165, 1.54) is 12.1 Å². The highest BCUT2D eigenvalue weighted by molar-refractivity contribution is 6.02. The van der Waals surface area contributed by atoms with E-state index in [0.29, 0.717) is 17.1 Å². The molecule has 0 aliphatic rings. The van der Waals surface area contributed by atoms with E-state index in [0.717, 1.165) is 24.3 Å². The molecule has 0 spiro atoms. The molecule has 3 rings (SSSR count). The lowest BCUT2D eigenvalue weighted by Gasteiger charge is -2.24. The van der Waals surface area contributed by atoms with Crippen molar-refractivity contribution in [2.24, 2.45) is 0 Å². The summed E-state index contributed by atoms with van der Waals surface area (Å²) >= 11 is 0. The summed E-state index contributed by atoms with van der Waals surface area (Å²) < 4.78 is 11.7. The van der Waals surface area contributed by atoms with Crippen molar-refractivity contribution < 1.29 is 49.1 Å². The Morgan fingerprint density at radius 2 is 0.944 bits per heavy atom. The Kier molecular flexibility index (Phi) is 7.00. The Bertz CT molecular complexity index is 1380. The van der Waals surface area contributed by atoms with Gasteiger partial charge in [0.15, 0.2) is 0 Å². The van der Waals surface area contributed by atoms with Gasteiger partial charge in [-0.3, -0.25) is 0 Å². The third-order valence-electron chi connectivity index (χ3n) is 5.13. The molecule has 0 aliphatic heterocycles. The Morgan fingerprint density at radius 3 is 1.36 bits per heavy atom. The lowest BCUT2D eigenvalue weighted by molar-refractivity contribution is 0.0651. The van der Waals surface area contributed by atoms with Gasteiger partial charge < -0.3 is 29.9 Å². The summed E-state index contributed by atoms with van der Waals surface area (Å²) in [6.45, 7) is 5.71. The van der Waals surface area contributed by atoms with E-state index in [2.05, 4.69) is 0 Å². The van der Waals surface area contributed by atoms with Crippen molar-refractivity contribution in [3.8, 4) is 23.0 Å². The molecule has 0 amide bonds. The maximum Gasteiger partial charge on any atom is 0.336 e. The van der Waals surface area contributed by atoms with Crippen LogP contribution in [0.3, 0.4) is 0 Å². The van der Waals surface area contributed by atoms with E-state index < -0.39 is 40.4 Å². The third kappa shape index (κ3) is 5.61. The molecule has 0 radical (unpaired) electrons. The number of rotatable bonds is 8. The average Bonchev–Trinajstić information content (AvgIpc) is 2.78.